The molecule has 0 aromatic carbocycles. The van der Waals surface area contributed by atoms with Crippen molar-refractivity contribution in [2.75, 3.05) is 0 Å². The van der Waals surface area contributed by atoms with Gasteiger partial charge in [0.1, 0.15) is 0 Å². The molecule has 0 aromatic heterocycles. The molecule has 8 atom stereocenters. The van der Waals surface area contributed by atoms with Crippen LogP contribution < -0.4 is 0 Å². The lowest BCUT2D eigenvalue weighted by Gasteiger charge is -2.64. The first-order chi connectivity index (χ1) is 14.4. The van der Waals surface area contributed by atoms with E-state index in [-0.39, 0.29) is 11.5 Å². The molecule has 1 N–H and O–H groups in total. The first kappa shape index (κ1) is 23.6. The van der Waals surface area contributed by atoms with Gasteiger partial charge in [0.2, 0.25) is 0 Å². The van der Waals surface area contributed by atoms with E-state index in [1.165, 1.54) is 56.9 Å². The quantitative estimate of drug-likeness (QED) is 0.448. The summed E-state index contributed by atoms with van der Waals surface area (Å²) >= 11 is 0. The molecule has 3 fully saturated rings. The lowest BCUT2D eigenvalue weighted by Crippen LogP contribution is -2.58. The van der Waals surface area contributed by atoms with Gasteiger partial charge >= 0.3 is 0 Å². The molecule has 0 radical (unpaired) electrons. The molecule has 0 amide bonds. The molecule has 31 heavy (non-hydrogen) atoms. The molecular weight excluding hydrogens is 376 g/mol. The molecule has 0 spiro atoms. The lowest BCUT2D eigenvalue weighted by atomic mass is 9.41. The fourth-order valence-electron chi connectivity index (χ4n) is 9.49. The highest BCUT2D eigenvalue weighted by Gasteiger charge is 2.65. The highest BCUT2D eigenvalue weighted by Crippen LogP contribution is 2.73. The predicted molar refractivity (Wildman–Crippen MR) is 133 cm³/mol. The molecule has 0 heterocycles. The minimum Gasteiger partial charge on any atom is -0.393 e. The smallest absolute Gasteiger partial charge is 0.0594 e. The Kier molecular flexibility index (Phi) is 5.90. The molecule has 0 saturated heterocycles. The Bertz CT molecular complexity index is 754. The minimum absolute atomic E-state index is 0.0360. The molecule has 1 nitrogen and oxygen atoms in total. The molecule has 1 heteroatoms. The van der Waals surface area contributed by atoms with Crippen molar-refractivity contribution in [3.05, 3.63) is 23.3 Å². The lowest BCUT2D eigenvalue weighted by molar-refractivity contribution is -0.131. The second kappa shape index (κ2) is 7.75. The summed E-state index contributed by atoms with van der Waals surface area (Å²) in [6.45, 7) is 19.6. The highest BCUT2D eigenvalue weighted by atomic mass is 16.3. The summed E-state index contributed by atoms with van der Waals surface area (Å²) in [6, 6.07) is 0. The molecule has 3 saturated carbocycles. The number of aliphatic hydroxyl groups is 1. The van der Waals surface area contributed by atoms with Gasteiger partial charge in [-0.1, -0.05) is 64.8 Å². The fraction of sp³-hybridized carbons (Fsp3) is 0.867. The standard InChI is InChI=1S/C30H50O/c1-20(2)10-9-11-21(3)22-14-18-30(8)24-12-13-25-27(4,5)26(31)16-17-28(25,6)23(24)15-19-29(22,30)7/h10,12,21-23,25-26,31H,9,11,13-19H2,1-8H3/t21-,22-,23-,25+,26+,28-,29+,30-/m1/s1. The first-order valence-electron chi connectivity index (χ1n) is 13.4. The van der Waals surface area contributed by atoms with Gasteiger partial charge in [-0.25, -0.2) is 0 Å². The van der Waals surface area contributed by atoms with Crippen molar-refractivity contribution in [2.24, 2.45) is 45.3 Å². The first-order valence-corrected chi connectivity index (χ1v) is 13.4. The van der Waals surface area contributed by atoms with E-state index >= 15 is 0 Å². The predicted octanol–water partition coefficient (Wildman–Crippen LogP) is 8.34. The van der Waals surface area contributed by atoms with Gasteiger partial charge in [-0.3, -0.25) is 0 Å². The van der Waals surface area contributed by atoms with Crippen LogP contribution in [0, 0.1) is 45.3 Å². The largest absolute Gasteiger partial charge is 0.393 e. The van der Waals surface area contributed by atoms with E-state index in [0.29, 0.717) is 22.2 Å². The minimum atomic E-state index is -0.137. The SMILES string of the molecule is CC(C)=CCC[C@@H](C)[C@H]1CC[C@]2(C)C3=CC[C@H]4C(C)(C)[C@@H](O)CC[C@]4(C)[C@@H]3CC[C@@]12C. The number of hydrogen-bond acceptors (Lipinski definition) is 1. The zero-order chi connectivity index (χ0) is 22.8. The summed E-state index contributed by atoms with van der Waals surface area (Å²) in [7, 11) is 0. The Morgan fingerprint density at radius 1 is 1.06 bits per heavy atom. The van der Waals surface area contributed by atoms with Gasteiger partial charge in [-0.15, -0.1) is 0 Å². The van der Waals surface area contributed by atoms with E-state index in [1.54, 1.807) is 0 Å². The Labute approximate surface area is 193 Å². The van der Waals surface area contributed by atoms with Crippen molar-refractivity contribution in [3.63, 3.8) is 0 Å². The van der Waals surface area contributed by atoms with Gasteiger partial charge in [-0.05, 0) is 117 Å². The Balaban J connectivity index is 1.62. The van der Waals surface area contributed by atoms with E-state index in [0.717, 1.165) is 24.2 Å². The number of fused-ring (bicyclic) bond motifs is 5. The third kappa shape index (κ3) is 3.34. The molecule has 0 bridgehead atoms. The number of aliphatic hydroxyl groups excluding tert-OH is 1. The van der Waals surface area contributed by atoms with E-state index in [1.807, 2.05) is 5.57 Å². The summed E-state index contributed by atoms with van der Waals surface area (Å²) in [5.74, 6) is 3.02. The molecule has 0 aromatic rings. The van der Waals surface area contributed by atoms with Crippen LogP contribution in [0.25, 0.3) is 0 Å². The molecule has 176 valence electrons. The summed E-state index contributed by atoms with van der Waals surface area (Å²) in [4.78, 5) is 0. The maximum absolute atomic E-state index is 10.8. The van der Waals surface area contributed by atoms with Gasteiger partial charge in [0.05, 0.1) is 6.10 Å². The van der Waals surface area contributed by atoms with Crippen LogP contribution in [-0.4, -0.2) is 11.2 Å². The second-order valence-electron chi connectivity index (χ2n) is 13.7. The molecule has 4 rings (SSSR count). The van der Waals surface area contributed by atoms with Crippen molar-refractivity contribution < 1.29 is 5.11 Å². The molecule has 4 aliphatic carbocycles. The van der Waals surface area contributed by atoms with Crippen LogP contribution in [0.2, 0.25) is 0 Å². The van der Waals surface area contributed by atoms with E-state index < -0.39 is 0 Å². The fourth-order valence-corrected chi connectivity index (χ4v) is 9.49. The van der Waals surface area contributed by atoms with Crippen LogP contribution in [0.4, 0.5) is 0 Å². The summed E-state index contributed by atoms with van der Waals surface area (Å²) < 4.78 is 0. The maximum Gasteiger partial charge on any atom is 0.0594 e. The van der Waals surface area contributed by atoms with E-state index in [2.05, 4.69) is 67.5 Å². The Hall–Kier alpha value is -0.560. The van der Waals surface area contributed by atoms with Crippen LogP contribution >= 0.6 is 0 Å². The van der Waals surface area contributed by atoms with Crippen LogP contribution in [0.5, 0.6) is 0 Å². The maximum atomic E-state index is 10.8. The average Bonchev–Trinajstić information content (AvgIpc) is 2.96. The van der Waals surface area contributed by atoms with Crippen LogP contribution in [-0.2, 0) is 0 Å². The molecule has 4 aliphatic rings. The van der Waals surface area contributed by atoms with Gasteiger partial charge in [0.25, 0.3) is 0 Å². The van der Waals surface area contributed by atoms with Crippen molar-refractivity contribution in [1.29, 1.82) is 0 Å². The number of allylic oxidation sites excluding steroid dienone is 4. The zero-order valence-corrected chi connectivity index (χ0v) is 21.9. The summed E-state index contributed by atoms with van der Waals surface area (Å²) in [5.41, 5.74) is 4.53. The van der Waals surface area contributed by atoms with Crippen molar-refractivity contribution >= 4 is 0 Å². The molecule has 0 unspecified atom stereocenters. The summed E-state index contributed by atoms with van der Waals surface area (Å²) in [5, 5.41) is 10.8. The van der Waals surface area contributed by atoms with Crippen LogP contribution in [0.3, 0.4) is 0 Å². The van der Waals surface area contributed by atoms with Crippen LogP contribution in [0.1, 0.15) is 113 Å². The third-order valence-electron chi connectivity index (χ3n) is 11.7. The zero-order valence-electron chi connectivity index (χ0n) is 21.9. The topological polar surface area (TPSA) is 20.2 Å². The second-order valence-corrected chi connectivity index (χ2v) is 13.7. The van der Waals surface area contributed by atoms with Gasteiger partial charge in [-0.2, -0.15) is 0 Å². The molecular formula is C30H50O. The third-order valence-corrected chi connectivity index (χ3v) is 11.7. The van der Waals surface area contributed by atoms with Crippen molar-refractivity contribution in [2.45, 2.75) is 119 Å². The van der Waals surface area contributed by atoms with Gasteiger partial charge in [0, 0.05) is 0 Å². The van der Waals surface area contributed by atoms with Crippen LogP contribution in [0.15, 0.2) is 23.3 Å². The number of hydrogen-bond donors (Lipinski definition) is 1. The van der Waals surface area contributed by atoms with Gasteiger partial charge in [0.15, 0.2) is 0 Å². The Morgan fingerprint density at radius 3 is 2.45 bits per heavy atom. The summed E-state index contributed by atoms with van der Waals surface area (Å²) in [6.07, 6.45) is 16.5. The van der Waals surface area contributed by atoms with Gasteiger partial charge < -0.3 is 5.11 Å². The molecule has 0 aliphatic heterocycles. The highest BCUT2D eigenvalue weighted by molar-refractivity contribution is 5.33. The normalized spacial score (nSPS) is 46.9. The monoisotopic (exact) mass is 426 g/mol. The van der Waals surface area contributed by atoms with E-state index in [4.69, 9.17) is 0 Å². The van der Waals surface area contributed by atoms with Crippen molar-refractivity contribution in [1.82, 2.24) is 0 Å². The Morgan fingerprint density at radius 2 is 1.77 bits per heavy atom. The average molecular weight is 427 g/mol. The van der Waals surface area contributed by atoms with Crippen molar-refractivity contribution in [3.8, 4) is 0 Å². The number of rotatable bonds is 4. The van der Waals surface area contributed by atoms with E-state index in [9.17, 15) is 5.11 Å².